The summed E-state index contributed by atoms with van der Waals surface area (Å²) in [5.74, 6) is -0.650. The van der Waals surface area contributed by atoms with Gasteiger partial charge in [-0.25, -0.2) is 4.39 Å². The summed E-state index contributed by atoms with van der Waals surface area (Å²) in [5, 5.41) is 0.864. The molecule has 21 heavy (non-hydrogen) atoms. The molecule has 0 aliphatic rings. The monoisotopic (exact) mass is 282 g/mol. The molecule has 0 unspecified atom stereocenters. The quantitative estimate of drug-likeness (QED) is 0.568. The molecule has 0 saturated carbocycles. The van der Waals surface area contributed by atoms with Crippen molar-refractivity contribution in [3.8, 4) is 0 Å². The summed E-state index contributed by atoms with van der Waals surface area (Å²) in [4.78, 5) is 15.8. The van der Waals surface area contributed by atoms with E-state index in [4.69, 9.17) is 5.73 Å². The SMILES string of the molecule is CCc1cccc2c(C(=O)c3ccc(F)cc3N)c[nH]c12. The zero-order valence-electron chi connectivity index (χ0n) is 11.6. The Morgan fingerprint density at radius 3 is 2.76 bits per heavy atom. The second-order valence-corrected chi connectivity index (χ2v) is 4.96. The summed E-state index contributed by atoms with van der Waals surface area (Å²) >= 11 is 0. The first-order chi connectivity index (χ1) is 10.1. The highest BCUT2D eigenvalue weighted by Crippen LogP contribution is 2.26. The summed E-state index contributed by atoms with van der Waals surface area (Å²) < 4.78 is 13.1. The normalized spacial score (nSPS) is 11.0. The van der Waals surface area contributed by atoms with Gasteiger partial charge in [0.25, 0.3) is 0 Å². The van der Waals surface area contributed by atoms with Gasteiger partial charge in [-0.2, -0.15) is 0 Å². The Morgan fingerprint density at radius 2 is 2.05 bits per heavy atom. The number of para-hydroxylation sites is 1. The van der Waals surface area contributed by atoms with Crippen LogP contribution in [0.15, 0.2) is 42.6 Å². The molecule has 0 saturated heterocycles. The first-order valence-corrected chi connectivity index (χ1v) is 6.80. The minimum Gasteiger partial charge on any atom is -0.398 e. The number of ketones is 1. The molecule has 0 amide bonds. The van der Waals surface area contributed by atoms with E-state index in [2.05, 4.69) is 11.9 Å². The number of benzene rings is 2. The van der Waals surface area contributed by atoms with E-state index in [1.54, 1.807) is 6.20 Å². The fourth-order valence-electron chi connectivity index (χ4n) is 2.59. The zero-order valence-corrected chi connectivity index (χ0v) is 11.6. The Kier molecular flexibility index (Phi) is 3.22. The van der Waals surface area contributed by atoms with Crippen LogP contribution >= 0.6 is 0 Å². The Morgan fingerprint density at radius 1 is 1.24 bits per heavy atom. The van der Waals surface area contributed by atoms with Gasteiger partial charge >= 0.3 is 0 Å². The summed E-state index contributed by atoms with van der Waals surface area (Å²) in [7, 11) is 0. The molecular weight excluding hydrogens is 267 g/mol. The molecule has 1 heterocycles. The van der Waals surface area contributed by atoms with Gasteiger partial charge in [-0.3, -0.25) is 4.79 Å². The number of rotatable bonds is 3. The molecule has 3 N–H and O–H groups in total. The van der Waals surface area contributed by atoms with E-state index in [1.807, 2.05) is 18.2 Å². The van der Waals surface area contributed by atoms with Crippen LogP contribution < -0.4 is 5.73 Å². The van der Waals surface area contributed by atoms with Gasteiger partial charge in [0.15, 0.2) is 5.78 Å². The van der Waals surface area contributed by atoms with Gasteiger partial charge in [0.05, 0.1) is 0 Å². The van der Waals surface area contributed by atoms with E-state index >= 15 is 0 Å². The number of nitrogen functional groups attached to an aromatic ring is 1. The lowest BCUT2D eigenvalue weighted by Crippen LogP contribution is -2.05. The van der Waals surface area contributed by atoms with Crippen LogP contribution in [0, 0.1) is 5.82 Å². The first kappa shape index (κ1) is 13.4. The summed E-state index contributed by atoms with van der Waals surface area (Å²) in [6, 6.07) is 9.70. The van der Waals surface area contributed by atoms with Crippen molar-refractivity contribution in [1.29, 1.82) is 0 Å². The second-order valence-electron chi connectivity index (χ2n) is 4.96. The van der Waals surface area contributed by atoms with Crippen molar-refractivity contribution in [2.24, 2.45) is 0 Å². The lowest BCUT2D eigenvalue weighted by molar-refractivity contribution is 0.104. The summed E-state index contributed by atoms with van der Waals surface area (Å²) in [6.07, 6.45) is 2.57. The number of anilines is 1. The third-order valence-electron chi connectivity index (χ3n) is 3.69. The average Bonchev–Trinajstić information content (AvgIpc) is 2.90. The predicted molar refractivity (Wildman–Crippen MR) is 81.9 cm³/mol. The van der Waals surface area contributed by atoms with E-state index in [0.29, 0.717) is 11.1 Å². The smallest absolute Gasteiger partial charge is 0.197 e. The minimum atomic E-state index is -0.448. The molecule has 3 aromatic rings. The van der Waals surface area contributed by atoms with Crippen molar-refractivity contribution in [1.82, 2.24) is 4.98 Å². The van der Waals surface area contributed by atoms with Crippen molar-refractivity contribution in [3.05, 3.63) is 65.1 Å². The molecule has 0 fully saturated rings. The Balaban J connectivity index is 2.14. The highest BCUT2D eigenvalue weighted by Gasteiger charge is 2.17. The average molecular weight is 282 g/mol. The molecule has 106 valence electrons. The second kappa shape index (κ2) is 5.05. The molecular formula is C17H15FN2O. The first-order valence-electron chi connectivity index (χ1n) is 6.80. The Hall–Kier alpha value is -2.62. The topological polar surface area (TPSA) is 58.9 Å². The number of aromatic amines is 1. The number of H-pyrrole nitrogens is 1. The summed E-state index contributed by atoms with van der Waals surface area (Å²) in [6.45, 7) is 2.06. The van der Waals surface area contributed by atoms with Crippen LogP contribution in [-0.2, 0) is 6.42 Å². The van der Waals surface area contributed by atoms with Crippen molar-refractivity contribution in [2.75, 3.05) is 5.73 Å². The van der Waals surface area contributed by atoms with Crippen molar-refractivity contribution in [3.63, 3.8) is 0 Å². The van der Waals surface area contributed by atoms with Crippen LogP contribution in [0.25, 0.3) is 10.9 Å². The molecule has 0 aliphatic heterocycles. The molecule has 4 heteroatoms. The fourth-order valence-corrected chi connectivity index (χ4v) is 2.59. The maximum Gasteiger partial charge on any atom is 0.197 e. The van der Waals surface area contributed by atoms with E-state index in [1.165, 1.54) is 18.2 Å². The van der Waals surface area contributed by atoms with Gasteiger partial charge < -0.3 is 10.7 Å². The number of aromatic nitrogens is 1. The van der Waals surface area contributed by atoms with Crippen LogP contribution in [0.4, 0.5) is 10.1 Å². The van der Waals surface area contributed by atoms with Gasteiger partial charge in [0, 0.05) is 33.9 Å². The number of fused-ring (bicyclic) bond motifs is 1. The molecule has 0 atom stereocenters. The van der Waals surface area contributed by atoms with Gasteiger partial charge in [-0.15, -0.1) is 0 Å². The number of aryl methyl sites for hydroxylation is 1. The molecule has 2 aromatic carbocycles. The standard InChI is InChI=1S/C17H15FN2O/c1-2-10-4-3-5-12-14(9-20-16(10)12)17(21)13-7-6-11(18)8-15(13)19/h3-9,20H,2,19H2,1H3. The van der Waals surface area contributed by atoms with Crippen LogP contribution in [0.1, 0.15) is 28.4 Å². The van der Waals surface area contributed by atoms with Crippen LogP contribution in [0.3, 0.4) is 0 Å². The highest BCUT2D eigenvalue weighted by molar-refractivity contribution is 6.18. The number of halogens is 1. The lowest BCUT2D eigenvalue weighted by Gasteiger charge is -2.05. The van der Waals surface area contributed by atoms with Gasteiger partial charge in [-0.1, -0.05) is 25.1 Å². The van der Waals surface area contributed by atoms with Crippen molar-refractivity contribution in [2.45, 2.75) is 13.3 Å². The highest BCUT2D eigenvalue weighted by atomic mass is 19.1. The summed E-state index contributed by atoms with van der Waals surface area (Å²) in [5.41, 5.74) is 8.90. The number of nitrogens with two attached hydrogens (primary N) is 1. The van der Waals surface area contributed by atoms with E-state index in [9.17, 15) is 9.18 Å². The van der Waals surface area contributed by atoms with Crippen molar-refractivity contribution >= 4 is 22.4 Å². The van der Waals surface area contributed by atoms with Crippen LogP contribution in [0.2, 0.25) is 0 Å². The van der Waals surface area contributed by atoms with Crippen LogP contribution in [-0.4, -0.2) is 10.8 Å². The van der Waals surface area contributed by atoms with E-state index in [-0.39, 0.29) is 11.5 Å². The molecule has 0 spiro atoms. The van der Waals surface area contributed by atoms with Gasteiger partial charge in [0.2, 0.25) is 0 Å². The van der Waals surface area contributed by atoms with Gasteiger partial charge in [0.1, 0.15) is 5.82 Å². The number of carbonyl (C=O) groups excluding carboxylic acids is 1. The van der Waals surface area contributed by atoms with E-state index in [0.717, 1.165) is 22.9 Å². The zero-order chi connectivity index (χ0) is 15.0. The fraction of sp³-hybridized carbons (Fsp3) is 0.118. The van der Waals surface area contributed by atoms with Crippen LogP contribution in [0.5, 0.6) is 0 Å². The van der Waals surface area contributed by atoms with Crippen molar-refractivity contribution < 1.29 is 9.18 Å². The molecule has 0 radical (unpaired) electrons. The minimum absolute atomic E-state index is 0.154. The van der Waals surface area contributed by atoms with Gasteiger partial charge in [-0.05, 0) is 30.2 Å². The third-order valence-corrected chi connectivity index (χ3v) is 3.69. The molecule has 0 aliphatic carbocycles. The third kappa shape index (κ3) is 2.18. The molecule has 0 bridgehead atoms. The predicted octanol–water partition coefficient (Wildman–Crippen LogP) is 3.68. The Labute approximate surface area is 121 Å². The lowest BCUT2D eigenvalue weighted by atomic mass is 9.99. The maximum atomic E-state index is 13.1. The number of hydrogen-bond donors (Lipinski definition) is 2. The molecule has 3 rings (SSSR count). The molecule has 3 nitrogen and oxygen atoms in total. The number of hydrogen-bond acceptors (Lipinski definition) is 2. The number of nitrogens with one attached hydrogen (secondary N) is 1. The van der Waals surface area contributed by atoms with E-state index < -0.39 is 5.82 Å². The number of carbonyl (C=O) groups is 1. The largest absolute Gasteiger partial charge is 0.398 e. The maximum absolute atomic E-state index is 13.1. The Bertz CT molecular complexity index is 836. The molecule has 1 aromatic heterocycles.